The lowest BCUT2D eigenvalue weighted by Gasteiger charge is -2.20. The Bertz CT molecular complexity index is 485. The fraction of sp³-hybridized carbons (Fsp3) is 0.125. The van der Waals surface area contributed by atoms with Crippen molar-refractivity contribution in [3.05, 3.63) is 71.9 Å². The summed E-state index contributed by atoms with van der Waals surface area (Å²) in [7, 11) is 2.09. The summed E-state index contributed by atoms with van der Waals surface area (Å²) in [5.74, 6) is 0. The summed E-state index contributed by atoms with van der Waals surface area (Å²) in [5.41, 5.74) is 3.66. The topological polar surface area (TPSA) is 3.24 Å². The molecule has 0 N–H and O–H groups in total. The molecular formula is C16H17N. The highest BCUT2D eigenvalue weighted by Crippen LogP contribution is 2.18. The predicted molar refractivity (Wildman–Crippen MR) is 74.9 cm³/mol. The minimum atomic E-state index is 1.21. The Morgan fingerprint density at radius 1 is 0.882 bits per heavy atom. The van der Waals surface area contributed by atoms with Gasteiger partial charge in [0.05, 0.1) is 0 Å². The maximum absolute atomic E-state index is 2.19. The molecule has 0 amide bonds. The van der Waals surface area contributed by atoms with E-state index in [4.69, 9.17) is 0 Å². The number of para-hydroxylation sites is 1. The molecule has 0 aliphatic carbocycles. The van der Waals surface area contributed by atoms with Crippen molar-refractivity contribution in [2.45, 2.75) is 6.92 Å². The largest absolute Gasteiger partial charge is 0.348 e. The third-order valence-corrected chi connectivity index (χ3v) is 2.85. The Morgan fingerprint density at radius 3 is 2.00 bits per heavy atom. The molecule has 0 aromatic heterocycles. The van der Waals surface area contributed by atoms with Crippen LogP contribution in [0, 0.1) is 0 Å². The van der Waals surface area contributed by atoms with Gasteiger partial charge < -0.3 is 4.90 Å². The van der Waals surface area contributed by atoms with Crippen LogP contribution >= 0.6 is 0 Å². The van der Waals surface area contributed by atoms with E-state index in [0.717, 1.165) is 0 Å². The van der Waals surface area contributed by atoms with Crippen molar-refractivity contribution in [2.24, 2.45) is 0 Å². The molecule has 0 spiro atoms. The molecule has 0 saturated carbocycles. The minimum absolute atomic E-state index is 1.21. The van der Waals surface area contributed by atoms with Gasteiger partial charge in [0, 0.05) is 18.4 Å². The molecule has 0 unspecified atom stereocenters. The van der Waals surface area contributed by atoms with Crippen LogP contribution in [0.2, 0.25) is 0 Å². The third kappa shape index (κ3) is 2.97. The smallest absolute Gasteiger partial charge is 0.0405 e. The zero-order valence-electron chi connectivity index (χ0n) is 10.3. The lowest BCUT2D eigenvalue weighted by Crippen LogP contribution is -2.13. The highest BCUT2D eigenvalue weighted by atomic mass is 15.1. The van der Waals surface area contributed by atoms with Gasteiger partial charge in [0.15, 0.2) is 0 Å². The first kappa shape index (κ1) is 11.5. The van der Waals surface area contributed by atoms with Crippen LogP contribution in [0.3, 0.4) is 0 Å². The predicted octanol–water partition coefficient (Wildman–Crippen LogP) is 4.18. The van der Waals surface area contributed by atoms with Gasteiger partial charge in [-0.3, -0.25) is 0 Å². The number of nitrogens with zero attached hydrogens (tertiary/aromatic N) is 1. The lowest BCUT2D eigenvalue weighted by molar-refractivity contribution is 1.10. The van der Waals surface area contributed by atoms with Crippen LogP contribution in [0.1, 0.15) is 12.5 Å². The van der Waals surface area contributed by atoms with Crippen LogP contribution in [-0.4, -0.2) is 7.05 Å². The summed E-state index contributed by atoms with van der Waals surface area (Å²) in [5, 5.41) is 0. The van der Waals surface area contributed by atoms with E-state index in [9.17, 15) is 0 Å². The SMILES string of the molecule is CC(=Cc1ccccc1)N(C)c1ccccc1. The quantitative estimate of drug-likeness (QED) is 0.754. The van der Waals surface area contributed by atoms with E-state index in [1.807, 2.05) is 12.1 Å². The van der Waals surface area contributed by atoms with E-state index in [2.05, 4.69) is 73.5 Å². The van der Waals surface area contributed by atoms with E-state index in [0.29, 0.717) is 0 Å². The monoisotopic (exact) mass is 223 g/mol. The summed E-state index contributed by atoms with van der Waals surface area (Å²) in [4.78, 5) is 2.19. The normalized spacial score (nSPS) is 11.3. The molecule has 0 saturated heterocycles. The fourth-order valence-electron chi connectivity index (χ4n) is 1.74. The Kier molecular flexibility index (Phi) is 3.61. The van der Waals surface area contributed by atoms with Gasteiger partial charge in [0.25, 0.3) is 0 Å². The molecule has 0 fully saturated rings. The van der Waals surface area contributed by atoms with Gasteiger partial charge in [-0.1, -0.05) is 48.5 Å². The zero-order chi connectivity index (χ0) is 12.1. The maximum Gasteiger partial charge on any atom is 0.0405 e. The Labute approximate surface area is 103 Å². The van der Waals surface area contributed by atoms with Gasteiger partial charge in [-0.25, -0.2) is 0 Å². The second kappa shape index (κ2) is 5.35. The zero-order valence-corrected chi connectivity index (χ0v) is 10.3. The van der Waals surface area contributed by atoms with Crippen LogP contribution in [0.15, 0.2) is 66.4 Å². The van der Waals surface area contributed by atoms with Gasteiger partial charge in [-0.15, -0.1) is 0 Å². The van der Waals surface area contributed by atoms with Crippen LogP contribution in [-0.2, 0) is 0 Å². The van der Waals surface area contributed by atoms with Crippen molar-refractivity contribution >= 4 is 11.8 Å². The van der Waals surface area contributed by atoms with E-state index in [-0.39, 0.29) is 0 Å². The lowest BCUT2D eigenvalue weighted by atomic mass is 10.2. The number of benzene rings is 2. The number of hydrogen-bond donors (Lipinski definition) is 0. The van der Waals surface area contributed by atoms with Crippen LogP contribution in [0.5, 0.6) is 0 Å². The van der Waals surface area contributed by atoms with Gasteiger partial charge in [0.1, 0.15) is 0 Å². The molecule has 0 atom stereocenters. The molecule has 1 heteroatoms. The van der Waals surface area contributed by atoms with E-state index >= 15 is 0 Å². The van der Waals surface area contributed by atoms with Gasteiger partial charge >= 0.3 is 0 Å². The van der Waals surface area contributed by atoms with Crippen molar-refractivity contribution in [3.8, 4) is 0 Å². The second-order valence-electron chi connectivity index (χ2n) is 4.09. The molecule has 0 radical (unpaired) electrons. The molecule has 2 aromatic rings. The number of rotatable bonds is 3. The van der Waals surface area contributed by atoms with Crippen molar-refractivity contribution in [1.82, 2.24) is 0 Å². The van der Waals surface area contributed by atoms with E-state index in [1.54, 1.807) is 0 Å². The standard InChI is InChI=1S/C16H17N/c1-14(13-15-9-5-3-6-10-15)17(2)16-11-7-4-8-12-16/h3-13H,1-2H3. The van der Waals surface area contributed by atoms with Crippen LogP contribution in [0.4, 0.5) is 5.69 Å². The molecule has 86 valence electrons. The molecule has 1 nitrogen and oxygen atoms in total. The number of allylic oxidation sites excluding steroid dienone is 1. The summed E-state index contributed by atoms with van der Waals surface area (Å²) < 4.78 is 0. The first-order valence-corrected chi connectivity index (χ1v) is 5.79. The second-order valence-corrected chi connectivity index (χ2v) is 4.09. The van der Waals surface area contributed by atoms with Crippen LogP contribution in [0.25, 0.3) is 6.08 Å². The van der Waals surface area contributed by atoms with Gasteiger partial charge in [-0.2, -0.15) is 0 Å². The third-order valence-electron chi connectivity index (χ3n) is 2.85. The molecule has 0 aliphatic rings. The Morgan fingerprint density at radius 2 is 1.41 bits per heavy atom. The van der Waals surface area contributed by atoms with Crippen molar-refractivity contribution in [2.75, 3.05) is 11.9 Å². The number of anilines is 1. The summed E-state index contributed by atoms with van der Waals surface area (Å²) in [6.45, 7) is 2.12. The van der Waals surface area contributed by atoms with Crippen LogP contribution < -0.4 is 4.90 Å². The van der Waals surface area contributed by atoms with E-state index < -0.39 is 0 Å². The summed E-state index contributed by atoms with van der Waals surface area (Å²) >= 11 is 0. The molecule has 0 bridgehead atoms. The molecule has 2 rings (SSSR count). The van der Waals surface area contributed by atoms with Crippen molar-refractivity contribution in [1.29, 1.82) is 0 Å². The molecule has 0 aliphatic heterocycles. The minimum Gasteiger partial charge on any atom is -0.348 e. The number of hydrogen-bond acceptors (Lipinski definition) is 1. The maximum atomic E-state index is 2.19. The molecular weight excluding hydrogens is 206 g/mol. The fourth-order valence-corrected chi connectivity index (χ4v) is 1.74. The molecule has 17 heavy (non-hydrogen) atoms. The Hall–Kier alpha value is -2.02. The van der Waals surface area contributed by atoms with Gasteiger partial charge in [-0.05, 0) is 30.7 Å². The average Bonchev–Trinajstić information content (AvgIpc) is 2.40. The molecule has 2 aromatic carbocycles. The van der Waals surface area contributed by atoms with Gasteiger partial charge in [0.2, 0.25) is 0 Å². The summed E-state index contributed by atoms with van der Waals surface area (Å²) in [6, 6.07) is 20.8. The van der Waals surface area contributed by atoms with Crippen molar-refractivity contribution < 1.29 is 0 Å². The van der Waals surface area contributed by atoms with E-state index in [1.165, 1.54) is 16.9 Å². The first-order valence-electron chi connectivity index (χ1n) is 5.79. The highest BCUT2D eigenvalue weighted by molar-refractivity contribution is 5.60. The van der Waals surface area contributed by atoms with Crippen molar-refractivity contribution in [3.63, 3.8) is 0 Å². The first-order chi connectivity index (χ1) is 8.27. The summed E-state index contributed by atoms with van der Waals surface area (Å²) in [6.07, 6.45) is 2.19. The highest BCUT2D eigenvalue weighted by Gasteiger charge is 2.01. The Balaban J connectivity index is 2.21. The molecule has 0 heterocycles. The average molecular weight is 223 g/mol.